The van der Waals surface area contributed by atoms with E-state index in [-0.39, 0.29) is 6.61 Å². The van der Waals surface area contributed by atoms with E-state index in [2.05, 4.69) is 15.3 Å². The van der Waals surface area contributed by atoms with E-state index in [1.54, 1.807) is 6.07 Å². The number of nitrogen functional groups attached to an aromatic ring is 1. The third-order valence-corrected chi connectivity index (χ3v) is 2.09. The Morgan fingerprint density at radius 2 is 2.18 bits per heavy atom. The van der Waals surface area contributed by atoms with Gasteiger partial charge in [0.2, 0.25) is 0 Å². The summed E-state index contributed by atoms with van der Waals surface area (Å²) in [6, 6.07) is 1.63. The molecule has 1 rings (SSSR count). The van der Waals surface area contributed by atoms with Crippen LogP contribution in [0.25, 0.3) is 0 Å². The molecule has 0 atom stereocenters. The van der Waals surface area contributed by atoms with Gasteiger partial charge in [0.15, 0.2) is 5.82 Å². The van der Waals surface area contributed by atoms with Crippen molar-refractivity contribution in [2.24, 2.45) is 0 Å². The van der Waals surface area contributed by atoms with E-state index in [1.807, 2.05) is 20.8 Å². The number of aliphatic hydroxyl groups excluding tert-OH is 1. The van der Waals surface area contributed by atoms with Crippen molar-refractivity contribution in [1.29, 1.82) is 0 Å². The molecule has 0 aromatic carbocycles. The van der Waals surface area contributed by atoms with Gasteiger partial charge in [-0.3, -0.25) is 0 Å². The molecule has 0 fully saturated rings. The number of nitrogens with zero attached hydrogens (tertiary/aromatic N) is 2. The zero-order valence-corrected chi connectivity index (χ0v) is 10.5. The highest BCUT2D eigenvalue weighted by Crippen LogP contribution is 2.14. The number of rotatable bonds is 6. The molecule has 0 bridgehead atoms. The minimum Gasteiger partial charge on any atom is -0.394 e. The van der Waals surface area contributed by atoms with Gasteiger partial charge < -0.3 is 20.9 Å². The fourth-order valence-corrected chi connectivity index (χ4v) is 1.23. The second kappa shape index (κ2) is 5.79. The molecular formula is C11H20N4O2. The van der Waals surface area contributed by atoms with Crippen molar-refractivity contribution >= 4 is 11.6 Å². The number of ether oxygens (including phenoxy) is 1. The van der Waals surface area contributed by atoms with E-state index in [9.17, 15) is 5.11 Å². The van der Waals surface area contributed by atoms with Crippen LogP contribution in [0.4, 0.5) is 11.6 Å². The lowest BCUT2D eigenvalue weighted by Gasteiger charge is -2.24. The van der Waals surface area contributed by atoms with Crippen LogP contribution in [0.3, 0.4) is 0 Å². The fraction of sp³-hybridized carbons (Fsp3) is 0.636. The number of nitrogens with one attached hydrogen (secondary N) is 1. The predicted octanol–water partition coefficient (Wildman–Crippen LogP) is 0.778. The van der Waals surface area contributed by atoms with Crippen molar-refractivity contribution in [2.75, 3.05) is 24.3 Å². The van der Waals surface area contributed by atoms with Crippen LogP contribution in [-0.4, -0.2) is 33.8 Å². The van der Waals surface area contributed by atoms with Gasteiger partial charge in [-0.05, 0) is 20.8 Å². The molecule has 1 aromatic heterocycles. The van der Waals surface area contributed by atoms with Crippen molar-refractivity contribution in [3.05, 3.63) is 11.9 Å². The topological polar surface area (TPSA) is 93.3 Å². The summed E-state index contributed by atoms with van der Waals surface area (Å²) in [5, 5.41) is 12.3. The van der Waals surface area contributed by atoms with Crippen LogP contribution >= 0.6 is 0 Å². The van der Waals surface area contributed by atoms with E-state index in [4.69, 9.17) is 10.5 Å². The quantitative estimate of drug-likeness (QED) is 0.680. The summed E-state index contributed by atoms with van der Waals surface area (Å²) in [4.78, 5) is 8.33. The van der Waals surface area contributed by atoms with Crippen LogP contribution < -0.4 is 11.1 Å². The minimum atomic E-state index is -0.455. The molecular weight excluding hydrogens is 220 g/mol. The molecule has 0 saturated heterocycles. The average molecular weight is 240 g/mol. The van der Waals surface area contributed by atoms with Gasteiger partial charge in [0.05, 0.1) is 12.1 Å². The summed E-state index contributed by atoms with van der Waals surface area (Å²) in [5.41, 5.74) is 5.23. The Balaban J connectivity index is 2.82. The first-order chi connectivity index (χ1) is 7.96. The summed E-state index contributed by atoms with van der Waals surface area (Å²) in [6.45, 7) is 6.57. The van der Waals surface area contributed by atoms with Crippen LogP contribution in [0.15, 0.2) is 6.07 Å². The maximum absolute atomic E-state index is 9.17. The maximum Gasteiger partial charge on any atom is 0.158 e. The molecule has 96 valence electrons. The van der Waals surface area contributed by atoms with Gasteiger partial charge in [-0.2, -0.15) is 0 Å². The molecule has 0 aliphatic rings. The largest absolute Gasteiger partial charge is 0.394 e. The van der Waals surface area contributed by atoms with Gasteiger partial charge in [-0.15, -0.1) is 0 Å². The van der Waals surface area contributed by atoms with Crippen molar-refractivity contribution < 1.29 is 9.84 Å². The molecule has 6 heteroatoms. The van der Waals surface area contributed by atoms with Crippen LogP contribution in [0.2, 0.25) is 0 Å². The molecule has 0 aliphatic heterocycles. The summed E-state index contributed by atoms with van der Waals surface area (Å²) >= 11 is 0. The molecule has 6 nitrogen and oxygen atoms in total. The lowest BCUT2D eigenvalue weighted by atomic mass is 10.1. The Kier molecular flexibility index (Phi) is 4.65. The first-order valence-corrected chi connectivity index (χ1v) is 5.57. The zero-order valence-electron chi connectivity index (χ0n) is 10.5. The highest BCUT2D eigenvalue weighted by molar-refractivity contribution is 5.46. The lowest BCUT2D eigenvalue weighted by Crippen LogP contribution is -2.35. The standard InChI is InChI=1S/C11H20N4O2/c1-4-17-6-10-13-8(12)5-9(14-10)15-11(2,3)7-16/h5,16H,4,6-7H2,1-3H3,(H3,12,13,14,15). The zero-order chi connectivity index (χ0) is 12.9. The van der Waals surface area contributed by atoms with Crippen molar-refractivity contribution in [1.82, 2.24) is 9.97 Å². The van der Waals surface area contributed by atoms with Gasteiger partial charge in [0.25, 0.3) is 0 Å². The molecule has 0 unspecified atom stereocenters. The van der Waals surface area contributed by atoms with Crippen molar-refractivity contribution in [3.8, 4) is 0 Å². The Labute approximate surface area is 101 Å². The number of nitrogens with two attached hydrogens (primary N) is 1. The Bertz CT molecular complexity index is 368. The van der Waals surface area contributed by atoms with Crippen LogP contribution in [0.1, 0.15) is 26.6 Å². The highest BCUT2D eigenvalue weighted by atomic mass is 16.5. The van der Waals surface area contributed by atoms with Crippen LogP contribution in [0.5, 0.6) is 0 Å². The normalized spacial score (nSPS) is 11.5. The smallest absolute Gasteiger partial charge is 0.158 e. The number of hydrogen-bond donors (Lipinski definition) is 3. The van der Waals surface area contributed by atoms with E-state index >= 15 is 0 Å². The summed E-state index contributed by atoms with van der Waals surface area (Å²) < 4.78 is 5.23. The summed E-state index contributed by atoms with van der Waals surface area (Å²) in [7, 11) is 0. The number of aromatic nitrogens is 2. The Morgan fingerprint density at radius 1 is 1.47 bits per heavy atom. The molecule has 0 amide bonds. The second-order valence-corrected chi connectivity index (χ2v) is 4.40. The molecule has 1 aromatic rings. The van der Waals surface area contributed by atoms with Crippen molar-refractivity contribution in [2.45, 2.75) is 32.9 Å². The molecule has 0 aliphatic carbocycles. The SMILES string of the molecule is CCOCc1nc(N)cc(NC(C)(C)CO)n1. The minimum absolute atomic E-state index is 0.00228. The highest BCUT2D eigenvalue weighted by Gasteiger charge is 2.17. The van der Waals surface area contributed by atoms with E-state index < -0.39 is 5.54 Å². The Morgan fingerprint density at radius 3 is 2.76 bits per heavy atom. The summed E-state index contributed by atoms with van der Waals surface area (Å²) in [5.74, 6) is 1.50. The molecule has 0 saturated carbocycles. The monoisotopic (exact) mass is 240 g/mol. The van der Waals surface area contributed by atoms with Gasteiger partial charge in [-0.1, -0.05) is 0 Å². The maximum atomic E-state index is 9.17. The summed E-state index contributed by atoms with van der Waals surface area (Å²) in [6.07, 6.45) is 0. The second-order valence-electron chi connectivity index (χ2n) is 4.40. The first-order valence-electron chi connectivity index (χ1n) is 5.57. The van der Waals surface area contributed by atoms with Crippen LogP contribution in [-0.2, 0) is 11.3 Å². The number of anilines is 2. The molecule has 0 spiro atoms. The third kappa shape index (κ3) is 4.54. The van der Waals surface area contributed by atoms with Gasteiger partial charge in [-0.25, -0.2) is 9.97 Å². The number of hydrogen-bond acceptors (Lipinski definition) is 6. The third-order valence-electron chi connectivity index (χ3n) is 2.09. The molecule has 4 N–H and O–H groups in total. The van der Waals surface area contributed by atoms with Gasteiger partial charge >= 0.3 is 0 Å². The van der Waals surface area contributed by atoms with E-state index in [0.717, 1.165) is 0 Å². The predicted molar refractivity (Wildman–Crippen MR) is 66.6 cm³/mol. The molecule has 1 heterocycles. The molecule has 17 heavy (non-hydrogen) atoms. The van der Waals surface area contributed by atoms with E-state index in [0.29, 0.717) is 30.7 Å². The van der Waals surface area contributed by atoms with E-state index in [1.165, 1.54) is 0 Å². The fourth-order valence-electron chi connectivity index (χ4n) is 1.23. The van der Waals surface area contributed by atoms with Crippen LogP contribution in [0, 0.1) is 0 Å². The molecule has 0 radical (unpaired) electrons. The van der Waals surface area contributed by atoms with Crippen molar-refractivity contribution in [3.63, 3.8) is 0 Å². The average Bonchev–Trinajstić information content (AvgIpc) is 2.25. The Hall–Kier alpha value is -1.40. The van der Waals surface area contributed by atoms with Gasteiger partial charge in [0.1, 0.15) is 18.2 Å². The number of aliphatic hydroxyl groups is 1. The lowest BCUT2D eigenvalue weighted by molar-refractivity contribution is 0.128. The van der Waals surface area contributed by atoms with Gasteiger partial charge in [0, 0.05) is 12.7 Å². The first kappa shape index (κ1) is 13.7.